The highest BCUT2D eigenvalue weighted by molar-refractivity contribution is 5.64. The van der Waals surface area contributed by atoms with Crippen molar-refractivity contribution >= 4 is 23.1 Å². The first-order chi connectivity index (χ1) is 13.4. The first-order valence-corrected chi connectivity index (χ1v) is 8.47. The van der Waals surface area contributed by atoms with Crippen LogP contribution >= 0.6 is 0 Å². The molecule has 0 radical (unpaired) electrons. The van der Waals surface area contributed by atoms with Crippen molar-refractivity contribution in [3.63, 3.8) is 0 Å². The molecular weight excluding hydrogens is 338 g/mol. The number of ether oxygens (including phenoxy) is 1. The second kappa shape index (κ2) is 7.97. The third-order valence-corrected chi connectivity index (χ3v) is 3.71. The van der Waals surface area contributed by atoms with Crippen molar-refractivity contribution < 1.29 is 4.74 Å². The number of hydrogen-bond donors (Lipinski definition) is 2. The average Bonchev–Trinajstić information content (AvgIpc) is 2.71. The lowest BCUT2D eigenvalue weighted by Crippen LogP contribution is -2.03. The fourth-order valence-electron chi connectivity index (χ4n) is 2.48. The predicted molar refractivity (Wildman–Crippen MR) is 106 cm³/mol. The van der Waals surface area contributed by atoms with Gasteiger partial charge in [0.1, 0.15) is 5.75 Å². The van der Waals surface area contributed by atoms with Crippen LogP contribution in [-0.4, -0.2) is 15.2 Å². The standard InChI is InChI=1S/C21H17N5O/c1-3-9-16(10-4-1)23-20-15-22-26-21(25-20)24-18-13-7-8-14-19(18)27-17-11-5-2-6-12-17/h1-15H,(H2,23,24,25,26). The molecule has 0 aliphatic rings. The predicted octanol–water partition coefficient (Wildman–Crippen LogP) is 5.15. The summed E-state index contributed by atoms with van der Waals surface area (Å²) >= 11 is 0. The fraction of sp³-hybridized carbons (Fsp3) is 0. The second-order valence-corrected chi connectivity index (χ2v) is 5.69. The molecule has 2 N–H and O–H groups in total. The Balaban J connectivity index is 1.53. The molecule has 0 saturated heterocycles. The summed E-state index contributed by atoms with van der Waals surface area (Å²) < 4.78 is 5.95. The molecule has 1 aromatic heterocycles. The Bertz CT molecular complexity index is 1010. The quantitative estimate of drug-likeness (QED) is 0.498. The highest BCUT2D eigenvalue weighted by atomic mass is 16.5. The lowest BCUT2D eigenvalue weighted by molar-refractivity contribution is 0.485. The van der Waals surface area contributed by atoms with Crippen molar-refractivity contribution in [1.82, 2.24) is 15.2 Å². The number of nitrogens with one attached hydrogen (secondary N) is 2. The molecule has 0 spiro atoms. The van der Waals surface area contributed by atoms with E-state index in [-0.39, 0.29) is 0 Å². The molecule has 27 heavy (non-hydrogen) atoms. The van der Waals surface area contributed by atoms with Crippen LogP contribution < -0.4 is 15.4 Å². The van der Waals surface area contributed by atoms with Crippen LogP contribution in [0, 0.1) is 0 Å². The molecule has 0 aliphatic carbocycles. The maximum Gasteiger partial charge on any atom is 0.249 e. The van der Waals surface area contributed by atoms with Crippen LogP contribution in [0.3, 0.4) is 0 Å². The molecule has 4 rings (SSSR count). The third kappa shape index (κ3) is 4.38. The van der Waals surface area contributed by atoms with Crippen molar-refractivity contribution in [2.45, 2.75) is 0 Å². The van der Waals surface area contributed by atoms with E-state index in [2.05, 4.69) is 25.8 Å². The smallest absolute Gasteiger partial charge is 0.249 e. The van der Waals surface area contributed by atoms with Gasteiger partial charge in [0.2, 0.25) is 5.95 Å². The van der Waals surface area contributed by atoms with Crippen LogP contribution in [0.2, 0.25) is 0 Å². The Morgan fingerprint density at radius 3 is 2.22 bits per heavy atom. The Kier molecular flexibility index (Phi) is 4.88. The number of para-hydroxylation sites is 4. The molecule has 6 heteroatoms. The molecular formula is C21H17N5O. The Hall–Kier alpha value is -3.93. The fourth-order valence-corrected chi connectivity index (χ4v) is 2.48. The van der Waals surface area contributed by atoms with Crippen LogP contribution in [0.4, 0.5) is 23.1 Å². The van der Waals surface area contributed by atoms with Crippen LogP contribution in [0.15, 0.2) is 91.1 Å². The molecule has 0 unspecified atom stereocenters. The van der Waals surface area contributed by atoms with Crippen molar-refractivity contribution in [2.75, 3.05) is 10.6 Å². The van der Waals surface area contributed by atoms with E-state index in [1.54, 1.807) is 6.20 Å². The van der Waals surface area contributed by atoms with Gasteiger partial charge in [0.05, 0.1) is 11.9 Å². The number of hydrogen-bond acceptors (Lipinski definition) is 6. The number of anilines is 4. The zero-order chi connectivity index (χ0) is 18.3. The van der Waals surface area contributed by atoms with Gasteiger partial charge < -0.3 is 15.4 Å². The van der Waals surface area contributed by atoms with E-state index in [4.69, 9.17) is 4.74 Å². The van der Waals surface area contributed by atoms with Gasteiger partial charge in [-0.3, -0.25) is 0 Å². The summed E-state index contributed by atoms with van der Waals surface area (Å²) in [6.45, 7) is 0. The van der Waals surface area contributed by atoms with E-state index in [9.17, 15) is 0 Å². The minimum Gasteiger partial charge on any atom is -0.455 e. The Morgan fingerprint density at radius 1 is 0.704 bits per heavy atom. The highest BCUT2D eigenvalue weighted by Gasteiger charge is 2.07. The van der Waals surface area contributed by atoms with Gasteiger partial charge in [-0.05, 0) is 36.4 Å². The van der Waals surface area contributed by atoms with E-state index in [0.29, 0.717) is 17.5 Å². The van der Waals surface area contributed by atoms with Gasteiger partial charge in [0, 0.05) is 5.69 Å². The van der Waals surface area contributed by atoms with Gasteiger partial charge in [-0.25, -0.2) is 0 Å². The molecule has 0 aliphatic heterocycles. The lowest BCUT2D eigenvalue weighted by atomic mass is 10.3. The summed E-state index contributed by atoms with van der Waals surface area (Å²) in [6, 6.07) is 27.0. The van der Waals surface area contributed by atoms with E-state index >= 15 is 0 Å². The van der Waals surface area contributed by atoms with Crippen LogP contribution in [-0.2, 0) is 0 Å². The number of aromatic nitrogens is 3. The molecule has 0 fully saturated rings. The van der Waals surface area contributed by atoms with Crippen LogP contribution in [0.5, 0.6) is 11.5 Å². The molecule has 0 amide bonds. The molecule has 132 valence electrons. The minimum atomic E-state index is 0.375. The summed E-state index contributed by atoms with van der Waals surface area (Å²) in [4.78, 5) is 4.46. The Labute approximate surface area is 156 Å². The van der Waals surface area contributed by atoms with E-state index < -0.39 is 0 Å². The number of benzene rings is 3. The van der Waals surface area contributed by atoms with Gasteiger partial charge in [-0.1, -0.05) is 48.5 Å². The number of nitrogens with zero attached hydrogens (tertiary/aromatic N) is 3. The maximum absolute atomic E-state index is 5.95. The highest BCUT2D eigenvalue weighted by Crippen LogP contribution is 2.30. The molecule has 3 aromatic carbocycles. The van der Waals surface area contributed by atoms with Crippen molar-refractivity contribution in [3.05, 3.63) is 91.1 Å². The zero-order valence-electron chi connectivity index (χ0n) is 14.4. The first kappa shape index (κ1) is 16.5. The Morgan fingerprint density at radius 2 is 1.41 bits per heavy atom. The largest absolute Gasteiger partial charge is 0.455 e. The first-order valence-electron chi connectivity index (χ1n) is 8.47. The molecule has 1 heterocycles. The zero-order valence-corrected chi connectivity index (χ0v) is 14.4. The van der Waals surface area contributed by atoms with Gasteiger partial charge in [0.15, 0.2) is 11.6 Å². The number of rotatable bonds is 6. The SMILES string of the molecule is c1ccc(Nc2cnnc(Nc3ccccc3Oc3ccccc3)n2)cc1. The van der Waals surface area contributed by atoms with Gasteiger partial charge in [0.25, 0.3) is 0 Å². The van der Waals surface area contributed by atoms with Gasteiger partial charge in [-0.2, -0.15) is 10.1 Å². The summed E-state index contributed by atoms with van der Waals surface area (Å²) in [6.07, 6.45) is 1.57. The molecule has 4 aromatic rings. The lowest BCUT2D eigenvalue weighted by Gasteiger charge is -2.12. The van der Waals surface area contributed by atoms with Crippen molar-refractivity contribution in [3.8, 4) is 11.5 Å². The van der Waals surface area contributed by atoms with E-state index in [0.717, 1.165) is 17.1 Å². The third-order valence-electron chi connectivity index (χ3n) is 3.71. The van der Waals surface area contributed by atoms with Gasteiger partial charge >= 0.3 is 0 Å². The van der Waals surface area contributed by atoms with Crippen LogP contribution in [0.1, 0.15) is 0 Å². The molecule has 0 bridgehead atoms. The summed E-state index contributed by atoms with van der Waals surface area (Å²) in [5, 5.41) is 14.4. The second-order valence-electron chi connectivity index (χ2n) is 5.69. The van der Waals surface area contributed by atoms with Crippen molar-refractivity contribution in [1.29, 1.82) is 0 Å². The molecule has 6 nitrogen and oxygen atoms in total. The summed E-state index contributed by atoms with van der Waals surface area (Å²) in [5.41, 5.74) is 1.68. The van der Waals surface area contributed by atoms with E-state index in [1.807, 2.05) is 84.9 Å². The van der Waals surface area contributed by atoms with Gasteiger partial charge in [-0.15, -0.1) is 5.10 Å². The average molecular weight is 355 g/mol. The summed E-state index contributed by atoms with van der Waals surface area (Å²) in [5.74, 6) is 2.40. The monoisotopic (exact) mass is 355 g/mol. The normalized spacial score (nSPS) is 10.2. The molecule has 0 atom stereocenters. The summed E-state index contributed by atoms with van der Waals surface area (Å²) in [7, 11) is 0. The minimum absolute atomic E-state index is 0.375. The molecule has 0 saturated carbocycles. The van der Waals surface area contributed by atoms with E-state index in [1.165, 1.54) is 0 Å². The maximum atomic E-state index is 5.95. The topological polar surface area (TPSA) is 72.0 Å². The van der Waals surface area contributed by atoms with Crippen LogP contribution in [0.25, 0.3) is 0 Å². The van der Waals surface area contributed by atoms with Crippen molar-refractivity contribution in [2.24, 2.45) is 0 Å².